The molecule has 1 aromatic heterocycles. The molecule has 5 rings (SSSR count). The van der Waals surface area contributed by atoms with Crippen LogP contribution in [0.5, 0.6) is 0 Å². The predicted octanol–water partition coefficient (Wildman–Crippen LogP) is 4.84. The van der Waals surface area contributed by atoms with Gasteiger partial charge < -0.3 is 24.6 Å². The van der Waals surface area contributed by atoms with Gasteiger partial charge in [0, 0.05) is 22.1 Å². The topological polar surface area (TPSA) is 135 Å². The quantitative estimate of drug-likeness (QED) is 0.453. The Hall–Kier alpha value is -3.86. The molecule has 1 fully saturated rings. The van der Waals surface area contributed by atoms with Crippen molar-refractivity contribution in [1.82, 2.24) is 15.5 Å². The molecule has 0 radical (unpaired) electrons. The van der Waals surface area contributed by atoms with Gasteiger partial charge in [-0.3, -0.25) is 4.79 Å². The highest BCUT2D eigenvalue weighted by atomic mass is 32.2. The Morgan fingerprint density at radius 3 is 2.58 bits per heavy atom. The minimum atomic E-state index is -1.09. The van der Waals surface area contributed by atoms with Crippen LogP contribution in [-0.4, -0.2) is 50.6 Å². The summed E-state index contributed by atoms with van der Waals surface area (Å²) in [4.78, 5) is 44.6. The largest absolute Gasteiger partial charge is 0.478 e. The number of thioether (sulfide) groups is 1. The number of nitrogens with zero attached hydrogens (tertiary/aromatic N) is 3. The molecule has 2 amide bonds. The molecule has 10 nitrogen and oxygen atoms in total. The van der Waals surface area contributed by atoms with E-state index in [1.807, 2.05) is 24.3 Å². The van der Waals surface area contributed by atoms with Crippen molar-refractivity contribution in [2.45, 2.75) is 62.6 Å². The van der Waals surface area contributed by atoms with E-state index in [0.717, 1.165) is 28.9 Å². The summed E-state index contributed by atoms with van der Waals surface area (Å²) >= 11 is 1.37. The number of rotatable bonds is 6. The second-order valence-corrected chi connectivity index (χ2v) is 11.4. The van der Waals surface area contributed by atoms with Crippen LogP contribution in [0.25, 0.3) is 11.4 Å². The molecule has 1 aliphatic carbocycles. The fraction of sp³-hybridized carbons (Fsp3) is 0.370. The minimum Gasteiger partial charge on any atom is -0.478 e. The zero-order chi connectivity index (χ0) is 27.0. The highest BCUT2D eigenvalue weighted by Gasteiger charge is 2.34. The van der Waals surface area contributed by atoms with E-state index in [1.54, 1.807) is 26.8 Å². The number of alkyl carbamates (subject to hydrolysis) is 1. The fourth-order valence-electron chi connectivity index (χ4n) is 4.04. The number of carboxylic acid groups (broad SMARTS) is 1. The Morgan fingerprint density at radius 1 is 1.18 bits per heavy atom. The van der Waals surface area contributed by atoms with Crippen LogP contribution in [0.2, 0.25) is 0 Å². The number of carbonyl (C=O) groups excluding carboxylic acids is 2. The highest BCUT2D eigenvalue weighted by molar-refractivity contribution is 7.99. The minimum absolute atomic E-state index is 0.0691. The lowest BCUT2D eigenvalue weighted by molar-refractivity contribution is -0.120. The lowest BCUT2D eigenvalue weighted by Crippen LogP contribution is -2.50. The number of benzene rings is 2. The summed E-state index contributed by atoms with van der Waals surface area (Å²) in [5, 5.41) is 16.3. The Morgan fingerprint density at radius 2 is 1.92 bits per heavy atom. The Bertz CT molecular complexity index is 1380. The number of aromatic carboxylic acids is 1. The van der Waals surface area contributed by atoms with Gasteiger partial charge in [-0.05, 0) is 57.4 Å². The number of ether oxygens (including phenoxy) is 1. The van der Waals surface area contributed by atoms with Gasteiger partial charge in [0.1, 0.15) is 11.6 Å². The average Bonchev–Trinajstić information content (AvgIpc) is 3.61. The summed E-state index contributed by atoms with van der Waals surface area (Å²) in [6, 6.07) is 11.3. The number of carboxylic acids is 1. The molecule has 2 N–H and O–H groups in total. The molecule has 1 saturated carbocycles. The van der Waals surface area contributed by atoms with Crippen LogP contribution < -0.4 is 10.2 Å². The van der Waals surface area contributed by atoms with E-state index < -0.39 is 23.7 Å². The maximum atomic E-state index is 13.7. The molecule has 0 saturated heterocycles. The molecule has 2 heterocycles. The van der Waals surface area contributed by atoms with Crippen molar-refractivity contribution < 1.29 is 28.8 Å². The summed E-state index contributed by atoms with van der Waals surface area (Å²) in [6.45, 7) is 5.41. The molecular weight excluding hydrogens is 508 g/mol. The van der Waals surface area contributed by atoms with Gasteiger partial charge in [-0.25, -0.2) is 9.59 Å². The number of hydrogen-bond donors (Lipinski definition) is 2. The molecular formula is C27H28N4O6S. The van der Waals surface area contributed by atoms with Crippen LogP contribution >= 0.6 is 11.8 Å². The number of fused-ring (bicyclic) bond motifs is 1. The summed E-state index contributed by atoms with van der Waals surface area (Å²) in [5.41, 5.74) is 1.43. The Labute approximate surface area is 223 Å². The van der Waals surface area contributed by atoms with Crippen molar-refractivity contribution in [2.75, 3.05) is 10.7 Å². The van der Waals surface area contributed by atoms with Crippen molar-refractivity contribution in [2.24, 2.45) is 0 Å². The first-order chi connectivity index (χ1) is 18.1. The lowest BCUT2D eigenvalue weighted by atomic mass is 10.1. The van der Waals surface area contributed by atoms with Crippen LogP contribution in [0.15, 0.2) is 51.9 Å². The summed E-state index contributed by atoms with van der Waals surface area (Å²) in [7, 11) is 0. The number of aromatic nitrogens is 2. The van der Waals surface area contributed by atoms with E-state index >= 15 is 0 Å². The van der Waals surface area contributed by atoms with Gasteiger partial charge in [0.2, 0.25) is 11.7 Å². The molecule has 2 aliphatic rings. The lowest BCUT2D eigenvalue weighted by Gasteiger charge is -2.27. The van der Waals surface area contributed by atoms with Crippen molar-refractivity contribution in [1.29, 1.82) is 0 Å². The van der Waals surface area contributed by atoms with Crippen molar-refractivity contribution in [3.05, 3.63) is 59.5 Å². The molecule has 2 aromatic carbocycles. The van der Waals surface area contributed by atoms with Crippen LogP contribution in [0.4, 0.5) is 10.5 Å². The van der Waals surface area contributed by atoms with Gasteiger partial charge in [-0.15, -0.1) is 11.8 Å². The SMILES string of the molecule is CC(C)(C)OC(=O)N[C@H]1CSc2ccc(C(=O)O)cc2N(Cc2ccc(-c3noc(C4CC4)n3)cc2)C1=O. The van der Waals surface area contributed by atoms with Crippen LogP contribution in [-0.2, 0) is 16.1 Å². The molecule has 3 aromatic rings. The predicted molar refractivity (Wildman–Crippen MR) is 140 cm³/mol. The first kappa shape index (κ1) is 25.8. The van der Waals surface area contributed by atoms with E-state index in [4.69, 9.17) is 9.26 Å². The number of carbonyl (C=O) groups is 3. The molecule has 1 atom stereocenters. The smallest absolute Gasteiger partial charge is 0.408 e. The van der Waals surface area contributed by atoms with Gasteiger partial charge in [0.05, 0.1) is 17.8 Å². The van der Waals surface area contributed by atoms with Crippen LogP contribution in [0, 0.1) is 0 Å². The molecule has 38 heavy (non-hydrogen) atoms. The van der Waals surface area contributed by atoms with Crippen molar-refractivity contribution in [3.8, 4) is 11.4 Å². The Balaban J connectivity index is 1.41. The monoisotopic (exact) mass is 536 g/mol. The first-order valence-corrected chi connectivity index (χ1v) is 13.3. The molecule has 0 spiro atoms. The zero-order valence-corrected chi connectivity index (χ0v) is 22.1. The van der Waals surface area contributed by atoms with E-state index in [0.29, 0.717) is 23.3 Å². The molecule has 1 aliphatic heterocycles. The zero-order valence-electron chi connectivity index (χ0n) is 21.3. The normalized spacial score (nSPS) is 17.5. The molecule has 0 unspecified atom stereocenters. The van der Waals surface area contributed by atoms with Crippen molar-refractivity contribution in [3.63, 3.8) is 0 Å². The summed E-state index contributed by atoms with van der Waals surface area (Å²) in [5.74, 6) is 0.354. The third-order valence-electron chi connectivity index (χ3n) is 6.08. The van der Waals surface area contributed by atoms with E-state index in [9.17, 15) is 19.5 Å². The number of anilines is 1. The maximum absolute atomic E-state index is 13.7. The second-order valence-electron chi connectivity index (χ2n) is 10.3. The number of nitrogens with one attached hydrogen (secondary N) is 1. The average molecular weight is 537 g/mol. The van der Waals surface area contributed by atoms with E-state index in [-0.39, 0.29) is 23.8 Å². The molecule has 198 valence electrons. The highest BCUT2D eigenvalue weighted by Crippen LogP contribution is 2.40. The van der Waals surface area contributed by atoms with Gasteiger partial charge in [-0.2, -0.15) is 4.98 Å². The fourth-order valence-corrected chi connectivity index (χ4v) is 5.09. The number of hydrogen-bond acceptors (Lipinski definition) is 8. The van der Waals surface area contributed by atoms with E-state index in [1.165, 1.54) is 28.8 Å². The Kier molecular flexibility index (Phi) is 6.87. The second kappa shape index (κ2) is 10.1. The molecule has 0 bridgehead atoms. The van der Waals surface area contributed by atoms with Gasteiger partial charge in [0.15, 0.2) is 0 Å². The first-order valence-electron chi connectivity index (χ1n) is 12.3. The number of amides is 2. The summed E-state index contributed by atoms with van der Waals surface area (Å²) < 4.78 is 10.7. The molecule has 11 heteroatoms. The third-order valence-corrected chi connectivity index (χ3v) is 7.23. The van der Waals surface area contributed by atoms with Crippen molar-refractivity contribution >= 4 is 35.4 Å². The standard InChI is InChI=1S/C27H28N4O6S/c1-27(2,3)36-26(35)28-19-14-38-21-11-10-18(25(33)34)12-20(21)31(24(19)32)13-15-4-6-16(7-5-15)22-29-23(37-30-22)17-8-9-17/h4-7,10-12,17,19H,8-9,13-14H2,1-3H3,(H,28,35)(H,33,34)/t19-/m0/s1. The van der Waals surface area contributed by atoms with Gasteiger partial charge >= 0.3 is 12.1 Å². The van der Waals surface area contributed by atoms with Crippen LogP contribution in [0.1, 0.15) is 61.3 Å². The third kappa shape index (κ3) is 5.83. The van der Waals surface area contributed by atoms with Gasteiger partial charge in [0.25, 0.3) is 5.91 Å². The van der Waals surface area contributed by atoms with Crippen LogP contribution in [0.3, 0.4) is 0 Å². The maximum Gasteiger partial charge on any atom is 0.408 e. The summed E-state index contributed by atoms with van der Waals surface area (Å²) in [6.07, 6.45) is 1.44. The van der Waals surface area contributed by atoms with Gasteiger partial charge in [-0.1, -0.05) is 29.4 Å². The van der Waals surface area contributed by atoms with E-state index in [2.05, 4.69) is 15.5 Å².